The van der Waals surface area contributed by atoms with Crippen LogP contribution >= 0.6 is 11.6 Å². The van der Waals surface area contributed by atoms with Crippen molar-refractivity contribution in [3.63, 3.8) is 0 Å². The highest BCUT2D eigenvalue weighted by Gasteiger charge is 2.13. The fourth-order valence-electron chi connectivity index (χ4n) is 2.60. The van der Waals surface area contributed by atoms with Gasteiger partial charge in [0, 0.05) is 5.88 Å². The Balaban J connectivity index is 3.27. The number of rotatable bonds is 14. The van der Waals surface area contributed by atoms with Gasteiger partial charge in [-0.1, -0.05) is 51.9 Å². The van der Waals surface area contributed by atoms with Crippen LogP contribution in [0.25, 0.3) is 0 Å². The van der Waals surface area contributed by atoms with E-state index in [4.69, 9.17) is 11.6 Å². The molecule has 2 heteroatoms. The molecule has 0 unspecified atom stereocenters. The van der Waals surface area contributed by atoms with Crippen LogP contribution < -0.4 is 0 Å². The molecule has 0 saturated heterocycles. The van der Waals surface area contributed by atoms with Crippen LogP contribution in [0.1, 0.15) is 77.6 Å². The molecule has 0 saturated carbocycles. The van der Waals surface area contributed by atoms with Crippen molar-refractivity contribution >= 4 is 11.6 Å². The molecule has 0 bridgehead atoms. The maximum Gasteiger partial charge on any atom is 0.0782 e. The minimum atomic E-state index is 0.817. The Labute approximate surface area is 127 Å². The van der Waals surface area contributed by atoms with E-state index in [1.54, 1.807) is 0 Å². The molecule has 0 amide bonds. The van der Waals surface area contributed by atoms with Crippen LogP contribution in [0.15, 0.2) is 0 Å². The van der Waals surface area contributed by atoms with Crippen molar-refractivity contribution in [2.24, 2.45) is 0 Å². The molecule has 19 heavy (non-hydrogen) atoms. The second-order valence-electron chi connectivity index (χ2n) is 6.61. The monoisotopic (exact) mass is 290 g/mol. The van der Waals surface area contributed by atoms with E-state index < -0.39 is 0 Å². The van der Waals surface area contributed by atoms with Crippen molar-refractivity contribution in [2.75, 3.05) is 33.1 Å². The summed E-state index contributed by atoms with van der Waals surface area (Å²) in [5.74, 6) is 0.817. The number of hydrogen-bond donors (Lipinski definition) is 0. The fourth-order valence-corrected chi connectivity index (χ4v) is 2.79. The maximum absolute atomic E-state index is 5.73. The first kappa shape index (κ1) is 19.2. The van der Waals surface area contributed by atoms with E-state index in [9.17, 15) is 0 Å². The van der Waals surface area contributed by atoms with Crippen LogP contribution in [0.3, 0.4) is 0 Å². The summed E-state index contributed by atoms with van der Waals surface area (Å²) < 4.78 is 1.17. The number of halogens is 1. The highest BCUT2D eigenvalue weighted by Crippen LogP contribution is 2.11. The van der Waals surface area contributed by atoms with Gasteiger partial charge in [-0.2, -0.15) is 0 Å². The van der Waals surface area contributed by atoms with E-state index in [1.807, 2.05) is 0 Å². The van der Waals surface area contributed by atoms with Gasteiger partial charge < -0.3 is 4.48 Å². The van der Waals surface area contributed by atoms with Gasteiger partial charge in [0.05, 0.1) is 27.2 Å². The third-order valence-corrected chi connectivity index (χ3v) is 4.28. The predicted molar refractivity (Wildman–Crippen MR) is 89.0 cm³/mol. The van der Waals surface area contributed by atoms with Gasteiger partial charge in [-0.3, -0.25) is 0 Å². The van der Waals surface area contributed by atoms with Gasteiger partial charge in [-0.25, -0.2) is 0 Å². The summed E-state index contributed by atoms with van der Waals surface area (Å²) in [7, 11) is 4.72. The first-order valence-corrected chi connectivity index (χ1v) is 9.04. The Kier molecular flexibility index (Phi) is 13.4. The Morgan fingerprint density at radius 2 is 1.05 bits per heavy atom. The lowest BCUT2D eigenvalue weighted by atomic mass is 10.1. The first-order valence-electron chi connectivity index (χ1n) is 8.50. The molecule has 0 N–H and O–H groups in total. The maximum atomic E-state index is 5.73. The topological polar surface area (TPSA) is 0 Å². The molecule has 0 aliphatic rings. The fraction of sp³-hybridized carbons (Fsp3) is 1.00. The average molecular weight is 291 g/mol. The van der Waals surface area contributed by atoms with Gasteiger partial charge in [-0.15, -0.1) is 11.6 Å². The molecule has 0 aliphatic carbocycles. The highest BCUT2D eigenvalue weighted by atomic mass is 35.5. The molecule has 0 aromatic rings. The lowest BCUT2D eigenvalue weighted by Gasteiger charge is -2.29. The van der Waals surface area contributed by atoms with Gasteiger partial charge in [0.1, 0.15) is 0 Å². The molecule has 0 atom stereocenters. The standard InChI is InChI=1S/C17H37ClN/c1-4-5-6-7-8-9-10-11-13-16-19(2,3)17-14-12-15-18/h4-17H2,1-3H3/q+1. The summed E-state index contributed by atoms with van der Waals surface area (Å²) in [6.07, 6.45) is 15.3. The van der Waals surface area contributed by atoms with Gasteiger partial charge in [0.15, 0.2) is 0 Å². The molecule has 0 spiro atoms. The Hall–Kier alpha value is 0.250. The smallest absolute Gasteiger partial charge is 0.0782 e. The summed E-state index contributed by atoms with van der Waals surface area (Å²) in [6.45, 7) is 4.90. The quantitative estimate of drug-likeness (QED) is 0.221. The zero-order valence-electron chi connectivity index (χ0n) is 13.7. The summed E-state index contributed by atoms with van der Waals surface area (Å²) in [5.41, 5.74) is 0. The predicted octanol–water partition coefficient (Wildman–Crippen LogP) is 5.61. The molecule has 0 rings (SSSR count). The SMILES string of the molecule is CCCCCCCCCCC[N+](C)(C)CCCCCl. The van der Waals surface area contributed by atoms with E-state index >= 15 is 0 Å². The molecular formula is C17H37ClN+. The first-order chi connectivity index (χ1) is 9.12. The van der Waals surface area contributed by atoms with Gasteiger partial charge in [-0.05, 0) is 25.7 Å². The zero-order chi connectivity index (χ0) is 14.4. The number of alkyl halides is 1. The zero-order valence-corrected chi connectivity index (χ0v) is 14.5. The van der Waals surface area contributed by atoms with Crippen molar-refractivity contribution < 1.29 is 4.48 Å². The van der Waals surface area contributed by atoms with Crippen molar-refractivity contribution in [1.82, 2.24) is 0 Å². The number of nitrogens with zero attached hydrogens (tertiary/aromatic N) is 1. The molecule has 0 heterocycles. The third kappa shape index (κ3) is 14.5. The minimum Gasteiger partial charge on any atom is -0.328 e. The summed E-state index contributed by atoms with van der Waals surface area (Å²) in [4.78, 5) is 0. The van der Waals surface area contributed by atoms with Crippen LogP contribution in [0.4, 0.5) is 0 Å². The van der Waals surface area contributed by atoms with E-state index in [0.717, 1.165) is 5.88 Å². The third-order valence-electron chi connectivity index (χ3n) is 4.01. The highest BCUT2D eigenvalue weighted by molar-refractivity contribution is 6.17. The Morgan fingerprint density at radius 1 is 0.632 bits per heavy atom. The molecule has 1 nitrogen and oxygen atoms in total. The molecule has 0 fully saturated rings. The van der Waals surface area contributed by atoms with Crippen LogP contribution in [-0.2, 0) is 0 Å². The normalized spacial score (nSPS) is 12.0. The van der Waals surface area contributed by atoms with Crippen LogP contribution in [0.2, 0.25) is 0 Å². The number of unbranched alkanes of at least 4 members (excludes halogenated alkanes) is 9. The van der Waals surface area contributed by atoms with Crippen LogP contribution in [0, 0.1) is 0 Å². The van der Waals surface area contributed by atoms with Crippen LogP contribution in [0.5, 0.6) is 0 Å². The molecule has 116 valence electrons. The van der Waals surface area contributed by atoms with E-state index in [2.05, 4.69) is 21.0 Å². The van der Waals surface area contributed by atoms with Crippen LogP contribution in [-0.4, -0.2) is 37.5 Å². The van der Waals surface area contributed by atoms with Crippen molar-refractivity contribution in [1.29, 1.82) is 0 Å². The van der Waals surface area contributed by atoms with Crippen molar-refractivity contribution in [2.45, 2.75) is 77.6 Å². The number of quaternary nitrogens is 1. The van der Waals surface area contributed by atoms with Gasteiger partial charge >= 0.3 is 0 Å². The molecule has 0 aromatic carbocycles. The summed E-state index contributed by atoms with van der Waals surface area (Å²) in [5, 5.41) is 0. The van der Waals surface area contributed by atoms with Gasteiger partial charge in [0.2, 0.25) is 0 Å². The lowest BCUT2D eigenvalue weighted by Crippen LogP contribution is -2.41. The largest absolute Gasteiger partial charge is 0.328 e. The van der Waals surface area contributed by atoms with E-state index in [1.165, 1.54) is 88.2 Å². The minimum absolute atomic E-state index is 0.817. The Bertz CT molecular complexity index is 180. The number of hydrogen-bond acceptors (Lipinski definition) is 0. The summed E-state index contributed by atoms with van der Waals surface area (Å²) >= 11 is 5.73. The second-order valence-corrected chi connectivity index (χ2v) is 6.99. The van der Waals surface area contributed by atoms with Crippen molar-refractivity contribution in [3.8, 4) is 0 Å². The second kappa shape index (κ2) is 13.2. The molecule has 0 radical (unpaired) electrons. The van der Waals surface area contributed by atoms with E-state index in [-0.39, 0.29) is 0 Å². The Morgan fingerprint density at radius 3 is 1.53 bits per heavy atom. The van der Waals surface area contributed by atoms with E-state index in [0.29, 0.717) is 0 Å². The van der Waals surface area contributed by atoms with Crippen molar-refractivity contribution in [3.05, 3.63) is 0 Å². The molecule has 0 aromatic heterocycles. The average Bonchev–Trinajstić information content (AvgIpc) is 2.37. The lowest BCUT2D eigenvalue weighted by molar-refractivity contribution is -0.890. The molecular weight excluding hydrogens is 254 g/mol. The van der Waals surface area contributed by atoms with Gasteiger partial charge in [0.25, 0.3) is 0 Å². The molecule has 0 aliphatic heterocycles. The summed E-state index contributed by atoms with van der Waals surface area (Å²) in [6, 6.07) is 0.